The van der Waals surface area contributed by atoms with Gasteiger partial charge in [-0.15, -0.1) is 0 Å². The van der Waals surface area contributed by atoms with Crippen LogP contribution in [0, 0.1) is 20.8 Å². The number of rotatable bonds is 4. The lowest BCUT2D eigenvalue weighted by Gasteiger charge is -2.16. The van der Waals surface area contributed by atoms with Gasteiger partial charge in [0.25, 0.3) is 0 Å². The van der Waals surface area contributed by atoms with E-state index < -0.39 is 0 Å². The number of ether oxygens (including phenoxy) is 2. The summed E-state index contributed by atoms with van der Waals surface area (Å²) >= 11 is 0. The smallest absolute Gasteiger partial charge is 0.126 e. The van der Waals surface area contributed by atoms with Gasteiger partial charge < -0.3 is 9.47 Å². The van der Waals surface area contributed by atoms with Crippen LogP contribution in [0.1, 0.15) is 30.5 Å². The summed E-state index contributed by atoms with van der Waals surface area (Å²) in [5, 5.41) is 0. The third-order valence-electron chi connectivity index (χ3n) is 2.73. The van der Waals surface area contributed by atoms with Crippen LogP contribution in [0.3, 0.4) is 0 Å². The second-order valence-electron chi connectivity index (χ2n) is 3.61. The van der Waals surface area contributed by atoms with E-state index in [0.717, 1.165) is 11.5 Å². The molecule has 0 amide bonds. The fourth-order valence-electron chi connectivity index (χ4n) is 1.60. The van der Waals surface area contributed by atoms with E-state index in [0.29, 0.717) is 13.2 Å². The Hall–Kier alpha value is -1.18. The molecule has 1 aromatic rings. The molecule has 0 saturated carbocycles. The van der Waals surface area contributed by atoms with E-state index in [-0.39, 0.29) is 0 Å². The summed E-state index contributed by atoms with van der Waals surface area (Å²) in [5.74, 6) is 1.87. The molecule has 0 atom stereocenters. The Kier molecular flexibility index (Phi) is 4.01. The first kappa shape index (κ1) is 11.9. The highest BCUT2D eigenvalue weighted by molar-refractivity contribution is 5.51. The van der Waals surface area contributed by atoms with E-state index in [1.165, 1.54) is 16.7 Å². The average Bonchev–Trinajstić information content (AvgIpc) is 2.22. The zero-order valence-electron chi connectivity index (χ0n) is 10.3. The molecule has 2 nitrogen and oxygen atoms in total. The van der Waals surface area contributed by atoms with Crippen LogP contribution in [-0.4, -0.2) is 13.2 Å². The predicted molar refractivity (Wildman–Crippen MR) is 63.0 cm³/mol. The molecule has 0 bridgehead atoms. The molecule has 15 heavy (non-hydrogen) atoms. The van der Waals surface area contributed by atoms with E-state index in [1.807, 2.05) is 19.9 Å². The van der Waals surface area contributed by atoms with Gasteiger partial charge in [0.2, 0.25) is 0 Å². The maximum Gasteiger partial charge on any atom is 0.126 e. The number of hydrogen-bond donors (Lipinski definition) is 0. The molecule has 0 spiro atoms. The summed E-state index contributed by atoms with van der Waals surface area (Å²) < 4.78 is 11.2. The minimum absolute atomic E-state index is 0.689. The molecule has 0 heterocycles. The van der Waals surface area contributed by atoms with Crippen LogP contribution in [0.25, 0.3) is 0 Å². The number of benzene rings is 1. The Labute approximate surface area is 92.2 Å². The van der Waals surface area contributed by atoms with Crippen molar-refractivity contribution in [1.29, 1.82) is 0 Å². The van der Waals surface area contributed by atoms with Crippen LogP contribution in [0.5, 0.6) is 11.5 Å². The molecule has 0 radical (unpaired) electrons. The van der Waals surface area contributed by atoms with Gasteiger partial charge in [-0.25, -0.2) is 0 Å². The van der Waals surface area contributed by atoms with Gasteiger partial charge in [-0.3, -0.25) is 0 Å². The van der Waals surface area contributed by atoms with E-state index in [9.17, 15) is 0 Å². The SMILES string of the molecule is CCOc1cc(OCC)c(C)c(C)c1C. The van der Waals surface area contributed by atoms with Gasteiger partial charge in [-0.2, -0.15) is 0 Å². The Bertz CT molecular complexity index is 313. The fourth-order valence-corrected chi connectivity index (χ4v) is 1.60. The van der Waals surface area contributed by atoms with Gasteiger partial charge in [-0.05, 0) is 51.3 Å². The molecular weight excluding hydrogens is 188 g/mol. The van der Waals surface area contributed by atoms with Crippen molar-refractivity contribution in [2.24, 2.45) is 0 Å². The van der Waals surface area contributed by atoms with Crippen LogP contribution >= 0.6 is 0 Å². The maximum atomic E-state index is 5.58. The lowest BCUT2D eigenvalue weighted by atomic mass is 10.0. The average molecular weight is 208 g/mol. The van der Waals surface area contributed by atoms with E-state index in [1.54, 1.807) is 0 Å². The summed E-state index contributed by atoms with van der Waals surface area (Å²) in [6, 6.07) is 1.99. The first-order valence-corrected chi connectivity index (χ1v) is 5.48. The van der Waals surface area contributed by atoms with Gasteiger partial charge in [0.1, 0.15) is 11.5 Å². The van der Waals surface area contributed by atoms with Gasteiger partial charge in [0, 0.05) is 6.07 Å². The Balaban J connectivity index is 3.19. The van der Waals surface area contributed by atoms with E-state index in [4.69, 9.17) is 9.47 Å². The third kappa shape index (κ3) is 2.44. The van der Waals surface area contributed by atoms with Gasteiger partial charge in [0.15, 0.2) is 0 Å². The molecule has 2 heteroatoms. The second kappa shape index (κ2) is 5.06. The Morgan fingerprint density at radius 3 is 1.53 bits per heavy atom. The van der Waals surface area contributed by atoms with Crippen LogP contribution < -0.4 is 9.47 Å². The monoisotopic (exact) mass is 208 g/mol. The predicted octanol–water partition coefficient (Wildman–Crippen LogP) is 3.41. The number of hydrogen-bond acceptors (Lipinski definition) is 2. The molecule has 0 unspecified atom stereocenters. The summed E-state index contributed by atoms with van der Waals surface area (Å²) in [6.45, 7) is 11.6. The van der Waals surface area contributed by atoms with Crippen molar-refractivity contribution in [3.63, 3.8) is 0 Å². The summed E-state index contributed by atoms with van der Waals surface area (Å²) in [7, 11) is 0. The molecular formula is C13H20O2. The van der Waals surface area contributed by atoms with Crippen molar-refractivity contribution >= 4 is 0 Å². The highest BCUT2D eigenvalue weighted by Gasteiger charge is 2.10. The normalized spacial score (nSPS) is 10.2. The second-order valence-corrected chi connectivity index (χ2v) is 3.61. The third-order valence-corrected chi connectivity index (χ3v) is 2.73. The molecule has 1 rings (SSSR count). The van der Waals surface area contributed by atoms with E-state index >= 15 is 0 Å². The summed E-state index contributed by atoms with van der Waals surface area (Å²) in [6.07, 6.45) is 0. The van der Waals surface area contributed by atoms with Crippen LogP contribution in [0.2, 0.25) is 0 Å². The molecule has 0 saturated heterocycles. The first-order chi connectivity index (χ1) is 7.11. The highest BCUT2D eigenvalue weighted by Crippen LogP contribution is 2.32. The van der Waals surface area contributed by atoms with Crippen molar-refractivity contribution in [1.82, 2.24) is 0 Å². The zero-order chi connectivity index (χ0) is 11.4. The molecule has 0 aliphatic carbocycles. The van der Waals surface area contributed by atoms with Crippen molar-refractivity contribution in [2.75, 3.05) is 13.2 Å². The topological polar surface area (TPSA) is 18.5 Å². The van der Waals surface area contributed by atoms with Gasteiger partial charge in [0.05, 0.1) is 13.2 Å². The molecule has 0 N–H and O–H groups in total. The maximum absolute atomic E-state index is 5.58. The van der Waals surface area contributed by atoms with Gasteiger partial charge in [-0.1, -0.05) is 0 Å². The van der Waals surface area contributed by atoms with Crippen molar-refractivity contribution < 1.29 is 9.47 Å². The molecule has 0 fully saturated rings. The molecule has 1 aromatic carbocycles. The minimum atomic E-state index is 0.689. The summed E-state index contributed by atoms with van der Waals surface area (Å²) in [5.41, 5.74) is 3.67. The van der Waals surface area contributed by atoms with Crippen molar-refractivity contribution in [3.05, 3.63) is 22.8 Å². The van der Waals surface area contributed by atoms with Crippen molar-refractivity contribution in [2.45, 2.75) is 34.6 Å². The lowest BCUT2D eigenvalue weighted by Crippen LogP contribution is -2.01. The standard InChI is InChI=1S/C13H20O2/c1-6-14-12-8-13(15-7-2)11(5)9(3)10(12)4/h8H,6-7H2,1-5H3. The van der Waals surface area contributed by atoms with Crippen LogP contribution in [-0.2, 0) is 0 Å². The van der Waals surface area contributed by atoms with Crippen molar-refractivity contribution in [3.8, 4) is 11.5 Å². The van der Waals surface area contributed by atoms with Gasteiger partial charge >= 0.3 is 0 Å². The largest absolute Gasteiger partial charge is 0.493 e. The summed E-state index contributed by atoms with van der Waals surface area (Å²) in [4.78, 5) is 0. The zero-order valence-corrected chi connectivity index (χ0v) is 10.3. The van der Waals surface area contributed by atoms with Crippen LogP contribution in [0.4, 0.5) is 0 Å². The minimum Gasteiger partial charge on any atom is -0.493 e. The Morgan fingerprint density at radius 2 is 1.20 bits per heavy atom. The molecule has 0 aliphatic rings. The molecule has 0 aromatic heterocycles. The fraction of sp³-hybridized carbons (Fsp3) is 0.538. The van der Waals surface area contributed by atoms with Crippen LogP contribution in [0.15, 0.2) is 6.07 Å². The highest BCUT2D eigenvalue weighted by atomic mass is 16.5. The quantitative estimate of drug-likeness (QED) is 0.755. The molecule has 84 valence electrons. The van der Waals surface area contributed by atoms with E-state index in [2.05, 4.69) is 20.8 Å². The molecule has 0 aliphatic heterocycles. The Morgan fingerprint density at radius 1 is 0.800 bits per heavy atom. The lowest BCUT2D eigenvalue weighted by molar-refractivity contribution is 0.319. The first-order valence-electron chi connectivity index (χ1n) is 5.48.